The Morgan fingerprint density at radius 2 is 1.45 bits per heavy atom. The number of hydrogen-bond donors (Lipinski definition) is 2. The summed E-state index contributed by atoms with van der Waals surface area (Å²) in [5.74, 6) is -1.41. The van der Waals surface area contributed by atoms with Gasteiger partial charge in [0.25, 0.3) is 0 Å². The number of carbonyl (C=O) groups excluding carboxylic acids is 2. The highest BCUT2D eigenvalue weighted by atomic mass is 32.2. The molecule has 3 aromatic rings. The average Bonchev–Trinajstić information content (AvgIpc) is 2.84. The zero-order valence-corrected chi connectivity index (χ0v) is 18.9. The molecule has 0 radical (unpaired) electrons. The van der Waals surface area contributed by atoms with Crippen molar-refractivity contribution in [3.8, 4) is 0 Å². The highest BCUT2D eigenvalue weighted by Crippen LogP contribution is 2.22. The number of carbonyl (C=O) groups is 2. The van der Waals surface area contributed by atoms with E-state index >= 15 is 0 Å². The lowest BCUT2D eigenvalue weighted by molar-refractivity contribution is -0.136. The van der Waals surface area contributed by atoms with Crippen molar-refractivity contribution in [1.82, 2.24) is 14.5 Å². The van der Waals surface area contributed by atoms with Gasteiger partial charge in [-0.1, -0.05) is 48.5 Å². The van der Waals surface area contributed by atoms with Crippen molar-refractivity contribution >= 4 is 38.3 Å². The number of hydrogen-bond acceptors (Lipinski definition) is 5. The van der Waals surface area contributed by atoms with Gasteiger partial charge in [-0.3, -0.25) is 14.5 Å². The predicted octanol–water partition coefficient (Wildman–Crippen LogP) is 1.90. The number of nitrogens with one attached hydrogen (secondary N) is 2. The van der Waals surface area contributed by atoms with E-state index in [9.17, 15) is 18.0 Å². The van der Waals surface area contributed by atoms with E-state index < -0.39 is 21.8 Å². The van der Waals surface area contributed by atoms with Gasteiger partial charge in [-0.25, -0.2) is 8.42 Å². The molecule has 8 nitrogen and oxygen atoms in total. The van der Waals surface area contributed by atoms with Gasteiger partial charge in [0.2, 0.25) is 10.0 Å². The third-order valence-corrected chi connectivity index (χ3v) is 7.54. The zero-order valence-electron chi connectivity index (χ0n) is 18.1. The summed E-state index contributed by atoms with van der Waals surface area (Å²) >= 11 is 0. The number of amides is 2. The Labute approximate surface area is 193 Å². The fourth-order valence-electron chi connectivity index (χ4n) is 3.79. The first-order chi connectivity index (χ1) is 15.9. The van der Waals surface area contributed by atoms with Crippen LogP contribution < -0.4 is 10.6 Å². The molecule has 9 heteroatoms. The highest BCUT2D eigenvalue weighted by molar-refractivity contribution is 7.89. The summed E-state index contributed by atoms with van der Waals surface area (Å²) in [6, 6.07) is 21.6. The van der Waals surface area contributed by atoms with E-state index in [0.717, 1.165) is 10.8 Å². The summed E-state index contributed by atoms with van der Waals surface area (Å²) in [6.07, 6.45) is 0. The Morgan fingerprint density at radius 1 is 0.788 bits per heavy atom. The van der Waals surface area contributed by atoms with Gasteiger partial charge in [0.15, 0.2) is 0 Å². The van der Waals surface area contributed by atoms with Gasteiger partial charge in [-0.05, 0) is 35.0 Å². The first-order valence-electron chi connectivity index (χ1n) is 10.8. The molecule has 1 fully saturated rings. The number of anilines is 1. The van der Waals surface area contributed by atoms with Crippen molar-refractivity contribution in [2.24, 2.45) is 0 Å². The van der Waals surface area contributed by atoms with Gasteiger partial charge in [-0.15, -0.1) is 0 Å². The van der Waals surface area contributed by atoms with Crippen LogP contribution in [0.25, 0.3) is 10.8 Å². The van der Waals surface area contributed by atoms with Crippen LogP contribution in [0.4, 0.5) is 5.69 Å². The summed E-state index contributed by atoms with van der Waals surface area (Å²) < 4.78 is 27.6. The Kier molecular flexibility index (Phi) is 7.02. The fourth-order valence-corrected chi connectivity index (χ4v) is 5.25. The van der Waals surface area contributed by atoms with Crippen LogP contribution >= 0.6 is 0 Å². The van der Waals surface area contributed by atoms with Crippen LogP contribution in [-0.2, 0) is 19.6 Å². The molecule has 0 spiro atoms. The fraction of sp³-hybridized carbons (Fsp3) is 0.250. The van der Waals surface area contributed by atoms with Gasteiger partial charge in [0, 0.05) is 45.0 Å². The van der Waals surface area contributed by atoms with E-state index in [1.54, 1.807) is 36.4 Å². The van der Waals surface area contributed by atoms with Gasteiger partial charge in [0.05, 0.1) is 4.90 Å². The lowest BCUT2D eigenvalue weighted by Crippen LogP contribution is -2.50. The average molecular weight is 467 g/mol. The van der Waals surface area contributed by atoms with Crippen LogP contribution in [0.2, 0.25) is 0 Å². The number of nitrogens with zero attached hydrogens (tertiary/aromatic N) is 2. The summed E-state index contributed by atoms with van der Waals surface area (Å²) in [5.41, 5.74) is 0.557. The molecule has 0 saturated carbocycles. The molecule has 172 valence electrons. The molecule has 0 aromatic heterocycles. The lowest BCUT2D eigenvalue weighted by atomic mass is 10.1. The van der Waals surface area contributed by atoms with E-state index in [-0.39, 0.29) is 0 Å². The topological polar surface area (TPSA) is 98.8 Å². The first-order valence-corrected chi connectivity index (χ1v) is 12.2. The third-order valence-electron chi connectivity index (χ3n) is 5.64. The van der Waals surface area contributed by atoms with Gasteiger partial charge >= 0.3 is 11.8 Å². The van der Waals surface area contributed by atoms with Crippen LogP contribution in [0.3, 0.4) is 0 Å². The first kappa shape index (κ1) is 22.9. The molecule has 4 rings (SSSR count). The van der Waals surface area contributed by atoms with Crippen molar-refractivity contribution in [2.75, 3.05) is 44.6 Å². The second kappa shape index (κ2) is 10.1. The third kappa shape index (κ3) is 5.57. The van der Waals surface area contributed by atoms with Crippen LogP contribution in [0.5, 0.6) is 0 Å². The zero-order chi connectivity index (χ0) is 23.3. The lowest BCUT2D eigenvalue weighted by Gasteiger charge is -2.34. The van der Waals surface area contributed by atoms with Crippen LogP contribution in [0, 0.1) is 0 Å². The summed E-state index contributed by atoms with van der Waals surface area (Å²) in [7, 11) is -3.57. The number of piperazine rings is 1. The maximum atomic E-state index is 13.1. The molecular formula is C24H26N4O4S. The van der Waals surface area contributed by atoms with Crippen molar-refractivity contribution in [3.63, 3.8) is 0 Å². The number of para-hydroxylation sites is 1. The molecule has 0 aliphatic carbocycles. The summed E-state index contributed by atoms with van der Waals surface area (Å²) in [6.45, 7) is 2.69. The van der Waals surface area contributed by atoms with Crippen LogP contribution in [-0.4, -0.2) is 68.7 Å². The second-order valence-corrected chi connectivity index (χ2v) is 9.77. The Morgan fingerprint density at radius 3 is 2.18 bits per heavy atom. The SMILES string of the molecule is O=C(NCCN1CCN(S(=O)(=O)c2ccc3ccccc3c2)CC1)C(=O)Nc1ccccc1. The van der Waals surface area contributed by atoms with E-state index in [0.29, 0.717) is 49.9 Å². The van der Waals surface area contributed by atoms with Crippen molar-refractivity contribution < 1.29 is 18.0 Å². The minimum Gasteiger partial charge on any atom is -0.347 e. The molecule has 33 heavy (non-hydrogen) atoms. The minimum absolute atomic E-state index is 0.298. The van der Waals surface area contributed by atoms with E-state index in [4.69, 9.17) is 0 Å². The number of fused-ring (bicyclic) bond motifs is 1. The highest BCUT2D eigenvalue weighted by Gasteiger charge is 2.28. The number of rotatable bonds is 6. The molecule has 2 N–H and O–H groups in total. The molecule has 3 aromatic carbocycles. The Hall–Kier alpha value is -3.27. The second-order valence-electron chi connectivity index (χ2n) is 7.83. The summed E-state index contributed by atoms with van der Waals surface area (Å²) in [5, 5.41) is 7.04. The molecule has 0 unspecified atom stereocenters. The van der Waals surface area contributed by atoms with Crippen molar-refractivity contribution in [1.29, 1.82) is 0 Å². The monoisotopic (exact) mass is 466 g/mol. The van der Waals surface area contributed by atoms with Gasteiger partial charge in [0.1, 0.15) is 0 Å². The van der Waals surface area contributed by atoms with E-state index in [1.165, 1.54) is 4.31 Å². The van der Waals surface area contributed by atoms with Crippen LogP contribution in [0.15, 0.2) is 77.7 Å². The van der Waals surface area contributed by atoms with Crippen molar-refractivity contribution in [2.45, 2.75) is 4.90 Å². The largest absolute Gasteiger partial charge is 0.347 e. The van der Waals surface area contributed by atoms with E-state index in [2.05, 4.69) is 15.5 Å². The Balaban J connectivity index is 1.24. The summed E-state index contributed by atoms with van der Waals surface area (Å²) in [4.78, 5) is 26.3. The smallest absolute Gasteiger partial charge is 0.313 e. The maximum absolute atomic E-state index is 13.1. The van der Waals surface area contributed by atoms with Gasteiger partial charge in [-0.2, -0.15) is 4.31 Å². The molecule has 1 aliphatic heterocycles. The molecule has 0 bridgehead atoms. The van der Waals surface area contributed by atoms with E-state index in [1.807, 2.05) is 36.4 Å². The quantitative estimate of drug-likeness (QED) is 0.541. The normalized spacial score (nSPS) is 15.3. The molecular weight excluding hydrogens is 440 g/mol. The Bertz CT molecular complexity index is 1240. The van der Waals surface area contributed by atoms with Crippen LogP contribution in [0.1, 0.15) is 0 Å². The number of sulfonamides is 1. The van der Waals surface area contributed by atoms with Crippen molar-refractivity contribution in [3.05, 3.63) is 72.8 Å². The minimum atomic E-state index is -3.57. The number of benzene rings is 3. The standard InChI is InChI=1S/C24H26N4O4S/c29-23(24(30)26-21-8-2-1-3-9-21)25-12-13-27-14-16-28(17-15-27)33(31,32)22-11-10-19-6-4-5-7-20(19)18-22/h1-11,18H,12-17H2,(H,25,29)(H,26,30). The van der Waals surface area contributed by atoms with Gasteiger partial charge < -0.3 is 10.6 Å². The maximum Gasteiger partial charge on any atom is 0.313 e. The molecule has 1 saturated heterocycles. The molecule has 0 atom stereocenters. The molecule has 1 aliphatic rings. The molecule has 1 heterocycles. The molecule has 2 amide bonds. The predicted molar refractivity (Wildman–Crippen MR) is 127 cm³/mol.